The summed E-state index contributed by atoms with van der Waals surface area (Å²) in [6, 6.07) is 0. The van der Waals surface area contributed by atoms with E-state index in [1.165, 1.54) is 0 Å². The van der Waals surface area contributed by atoms with Crippen molar-refractivity contribution in [3.8, 4) is 0 Å². The molecular weight excluding hydrogens is 439 g/mol. The number of halogens is 1. The monoisotopic (exact) mass is 468 g/mol. The van der Waals surface area contributed by atoms with Crippen LogP contribution < -0.4 is 5.73 Å². The third kappa shape index (κ3) is 6.40. The second-order valence-corrected chi connectivity index (χ2v) is 6.82. The second kappa shape index (κ2) is 11.1. The third-order valence-electron chi connectivity index (χ3n) is 3.69. The molecule has 1 aliphatic rings. The number of rotatable bonds is 7. The molecule has 138 valence electrons. The molecule has 0 unspecified atom stereocenters. The van der Waals surface area contributed by atoms with Crippen LogP contribution in [0, 0.1) is 5.92 Å². The van der Waals surface area contributed by atoms with Crippen molar-refractivity contribution in [2.24, 2.45) is 16.6 Å². The Morgan fingerprint density at radius 3 is 2.67 bits per heavy atom. The van der Waals surface area contributed by atoms with Crippen molar-refractivity contribution in [1.29, 1.82) is 0 Å². The van der Waals surface area contributed by atoms with Crippen LogP contribution in [0.15, 0.2) is 10.1 Å². The molecular formula is C15H29IN6OS. The van der Waals surface area contributed by atoms with Gasteiger partial charge in [0.15, 0.2) is 11.1 Å². The molecule has 1 saturated heterocycles. The first-order chi connectivity index (χ1) is 11.1. The molecule has 0 bridgehead atoms. The Balaban J connectivity index is 0.00000288. The average Bonchev–Trinajstić information content (AvgIpc) is 2.93. The lowest BCUT2D eigenvalue weighted by molar-refractivity contribution is 0.0674. The van der Waals surface area contributed by atoms with Crippen LogP contribution in [-0.2, 0) is 17.7 Å². The van der Waals surface area contributed by atoms with Crippen LogP contribution in [0.1, 0.15) is 26.1 Å². The normalized spacial score (nSPS) is 15.7. The van der Waals surface area contributed by atoms with Crippen molar-refractivity contribution in [2.45, 2.75) is 38.4 Å². The summed E-state index contributed by atoms with van der Waals surface area (Å²) in [7, 11) is 0. The minimum absolute atomic E-state index is 0. The summed E-state index contributed by atoms with van der Waals surface area (Å²) in [6.07, 6.45) is 3.84. The zero-order valence-corrected chi connectivity index (χ0v) is 17.9. The zero-order chi connectivity index (χ0) is 16.7. The van der Waals surface area contributed by atoms with E-state index in [0.29, 0.717) is 18.4 Å². The first-order valence-corrected chi connectivity index (χ1v) is 9.43. The predicted molar refractivity (Wildman–Crippen MR) is 109 cm³/mol. The Labute approximate surface area is 165 Å². The molecule has 1 fully saturated rings. The highest BCUT2D eigenvalue weighted by molar-refractivity contribution is 14.0. The van der Waals surface area contributed by atoms with E-state index in [1.807, 2.05) is 6.26 Å². The molecule has 0 atom stereocenters. The van der Waals surface area contributed by atoms with Gasteiger partial charge >= 0.3 is 0 Å². The van der Waals surface area contributed by atoms with Crippen molar-refractivity contribution >= 4 is 41.7 Å². The molecule has 2 heterocycles. The van der Waals surface area contributed by atoms with Gasteiger partial charge in [-0.3, -0.25) is 4.99 Å². The van der Waals surface area contributed by atoms with Crippen LogP contribution in [-0.4, -0.2) is 64.7 Å². The first kappa shape index (κ1) is 21.5. The lowest BCUT2D eigenvalue weighted by Gasteiger charge is -2.27. The van der Waals surface area contributed by atoms with E-state index < -0.39 is 0 Å². The summed E-state index contributed by atoms with van der Waals surface area (Å²) in [5.41, 5.74) is 6.03. The molecule has 0 amide bonds. The van der Waals surface area contributed by atoms with Gasteiger partial charge in [-0.1, -0.05) is 25.6 Å². The van der Waals surface area contributed by atoms with Crippen LogP contribution >= 0.6 is 35.7 Å². The SMILES string of the molecule is CSc1nnc(CCCN=C(N)N2CCOCC2)n1CC(C)C.I. The van der Waals surface area contributed by atoms with Crippen LogP contribution in [0.3, 0.4) is 0 Å². The number of nitrogens with two attached hydrogens (primary N) is 1. The number of ether oxygens (including phenoxy) is 1. The Bertz CT molecular complexity index is 516. The number of thioether (sulfide) groups is 1. The van der Waals surface area contributed by atoms with E-state index >= 15 is 0 Å². The van der Waals surface area contributed by atoms with Crippen molar-refractivity contribution in [1.82, 2.24) is 19.7 Å². The maximum atomic E-state index is 6.03. The predicted octanol–water partition coefficient (Wildman–Crippen LogP) is 1.85. The molecule has 9 heteroatoms. The van der Waals surface area contributed by atoms with Gasteiger partial charge in [0.1, 0.15) is 5.82 Å². The second-order valence-electron chi connectivity index (χ2n) is 6.05. The van der Waals surface area contributed by atoms with Crippen molar-refractivity contribution in [3.63, 3.8) is 0 Å². The van der Waals surface area contributed by atoms with E-state index in [2.05, 4.69) is 38.5 Å². The summed E-state index contributed by atoms with van der Waals surface area (Å²) in [6.45, 7) is 9.20. The van der Waals surface area contributed by atoms with Gasteiger partial charge < -0.3 is 19.9 Å². The fraction of sp³-hybridized carbons (Fsp3) is 0.800. The van der Waals surface area contributed by atoms with Gasteiger partial charge in [0.05, 0.1) is 13.2 Å². The quantitative estimate of drug-likeness (QED) is 0.216. The third-order valence-corrected chi connectivity index (χ3v) is 4.36. The molecule has 7 nitrogen and oxygen atoms in total. The summed E-state index contributed by atoms with van der Waals surface area (Å²) < 4.78 is 7.55. The van der Waals surface area contributed by atoms with E-state index in [9.17, 15) is 0 Å². The molecule has 24 heavy (non-hydrogen) atoms. The van der Waals surface area contributed by atoms with E-state index in [4.69, 9.17) is 10.5 Å². The largest absolute Gasteiger partial charge is 0.378 e. The highest BCUT2D eigenvalue weighted by Crippen LogP contribution is 2.16. The number of aryl methyl sites for hydroxylation is 1. The zero-order valence-electron chi connectivity index (χ0n) is 14.8. The Morgan fingerprint density at radius 2 is 2.04 bits per heavy atom. The Kier molecular flexibility index (Phi) is 9.98. The van der Waals surface area contributed by atoms with Crippen molar-refractivity contribution < 1.29 is 4.74 Å². The molecule has 1 aliphatic heterocycles. The molecule has 0 aromatic carbocycles. The fourth-order valence-electron chi connectivity index (χ4n) is 2.53. The van der Waals surface area contributed by atoms with Gasteiger partial charge in [-0.15, -0.1) is 34.2 Å². The van der Waals surface area contributed by atoms with E-state index in [1.54, 1.807) is 11.8 Å². The standard InChI is InChI=1S/C15H28N6OS.HI/c1-12(2)11-21-13(18-19-15(21)23-3)5-4-6-17-14(16)20-7-9-22-10-8-20;/h12H,4-11H2,1-3H3,(H2,16,17);1H. The molecule has 1 aromatic rings. The lowest BCUT2D eigenvalue weighted by Crippen LogP contribution is -2.44. The number of morpholine rings is 1. The van der Waals surface area contributed by atoms with E-state index in [-0.39, 0.29) is 24.0 Å². The fourth-order valence-corrected chi connectivity index (χ4v) is 3.05. The Morgan fingerprint density at radius 1 is 1.33 bits per heavy atom. The van der Waals surface area contributed by atoms with Gasteiger partial charge in [-0.05, 0) is 18.6 Å². The first-order valence-electron chi connectivity index (χ1n) is 8.20. The summed E-state index contributed by atoms with van der Waals surface area (Å²) in [5, 5.41) is 9.59. The summed E-state index contributed by atoms with van der Waals surface area (Å²) >= 11 is 1.64. The van der Waals surface area contributed by atoms with E-state index in [0.717, 1.165) is 56.7 Å². The van der Waals surface area contributed by atoms with Crippen molar-refractivity contribution in [3.05, 3.63) is 5.82 Å². The number of aromatic nitrogens is 3. The highest BCUT2D eigenvalue weighted by atomic mass is 127. The molecule has 0 saturated carbocycles. The number of nitrogens with zero attached hydrogens (tertiary/aromatic N) is 5. The molecule has 0 spiro atoms. The van der Waals surface area contributed by atoms with Gasteiger partial charge in [0.2, 0.25) is 0 Å². The maximum absolute atomic E-state index is 6.03. The molecule has 1 aromatic heterocycles. The minimum atomic E-state index is 0. The van der Waals surface area contributed by atoms with Gasteiger partial charge in [0, 0.05) is 32.6 Å². The molecule has 2 rings (SSSR count). The molecule has 2 N–H and O–H groups in total. The molecule has 0 radical (unpaired) electrons. The van der Waals surface area contributed by atoms with Gasteiger partial charge in [-0.2, -0.15) is 0 Å². The summed E-state index contributed by atoms with van der Waals surface area (Å²) in [5.74, 6) is 2.25. The number of hydrogen-bond donors (Lipinski definition) is 1. The lowest BCUT2D eigenvalue weighted by atomic mass is 10.2. The summed E-state index contributed by atoms with van der Waals surface area (Å²) in [4.78, 5) is 6.56. The minimum Gasteiger partial charge on any atom is -0.378 e. The average molecular weight is 468 g/mol. The van der Waals surface area contributed by atoms with Crippen LogP contribution in [0.5, 0.6) is 0 Å². The van der Waals surface area contributed by atoms with Crippen molar-refractivity contribution in [2.75, 3.05) is 39.1 Å². The van der Waals surface area contributed by atoms with Crippen LogP contribution in [0.4, 0.5) is 0 Å². The number of guanidine groups is 1. The molecule has 0 aliphatic carbocycles. The number of aliphatic imine (C=N–C) groups is 1. The van der Waals surface area contributed by atoms with Gasteiger partial charge in [0.25, 0.3) is 0 Å². The smallest absolute Gasteiger partial charge is 0.191 e. The highest BCUT2D eigenvalue weighted by Gasteiger charge is 2.13. The van der Waals surface area contributed by atoms with Gasteiger partial charge in [-0.25, -0.2) is 0 Å². The topological polar surface area (TPSA) is 81.6 Å². The van der Waals surface area contributed by atoms with Crippen LogP contribution in [0.2, 0.25) is 0 Å². The maximum Gasteiger partial charge on any atom is 0.191 e. The van der Waals surface area contributed by atoms with Crippen LogP contribution in [0.25, 0.3) is 0 Å². The number of hydrogen-bond acceptors (Lipinski definition) is 5. The Hall–Kier alpha value is -0.550.